The lowest BCUT2D eigenvalue weighted by atomic mass is 10.1. The van der Waals surface area contributed by atoms with Crippen LogP contribution < -0.4 is 15.2 Å². The summed E-state index contributed by atoms with van der Waals surface area (Å²) in [4.78, 5) is 0. The molecule has 2 aromatic carbocycles. The summed E-state index contributed by atoms with van der Waals surface area (Å²) in [6.07, 6.45) is 0. The van der Waals surface area contributed by atoms with Crippen molar-refractivity contribution in [2.75, 3.05) is 7.11 Å². The zero-order valence-corrected chi connectivity index (χ0v) is 13.3. The molecule has 4 heteroatoms. The van der Waals surface area contributed by atoms with Gasteiger partial charge in [0.2, 0.25) is 0 Å². The molecule has 0 saturated carbocycles. The maximum atomic E-state index is 6.23. The fraction of sp³-hybridized carbons (Fsp3) is 0.294. The number of benzene rings is 2. The number of hydrogen-bond acceptors (Lipinski definition) is 3. The summed E-state index contributed by atoms with van der Waals surface area (Å²) in [5, 5.41) is 0.709. The molecule has 0 saturated heterocycles. The normalized spacial score (nSPS) is 12.0. The Hall–Kier alpha value is -1.71. The van der Waals surface area contributed by atoms with E-state index in [1.54, 1.807) is 7.11 Å². The van der Waals surface area contributed by atoms with Crippen LogP contribution in [0.15, 0.2) is 36.4 Å². The largest absolute Gasteiger partial charge is 0.497 e. The second-order valence-corrected chi connectivity index (χ2v) is 5.48. The molecule has 0 spiro atoms. The Morgan fingerprint density at radius 3 is 2.57 bits per heavy atom. The van der Waals surface area contributed by atoms with Crippen molar-refractivity contribution in [2.45, 2.75) is 26.5 Å². The number of rotatable bonds is 5. The summed E-state index contributed by atoms with van der Waals surface area (Å²) in [6.45, 7) is 4.33. The third kappa shape index (κ3) is 3.90. The summed E-state index contributed by atoms with van der Waals surface area (Å²) in [5.74, 6) is 1.46. The first-order chi connectivity index (χ1) is 10.0. The molecule has 0 radical (unpaired) electrons. The van der Waals surface area contributed by atoms with Crippen LogP contribution in [0, 0.1) is 6.92 Å². The number of halogens is 1. The topological polar surface area (TPSA) is 44.5 Å². The van der Waals surface area contributed by atoms with Crippen LogP contribution in [0.4, 0.5) is 0 Å². The molecule has 0 aromatic heterocycles. The van der Waals surface area contributed by atoms with Crippen LogP contribution in [0.1, 0.15) is 29.7 Å². The minimum atomic E-state index is -0.112. The van der Waals surface area contributed by atoms with Crippen LogP contribution in [0.5, 0.6) is 11.5 Å². The maximum Gasteiger partial charge on any atom is 0.128 e. The van der Waals surface area contributed by atoms with Crippen molar-refractivity contribution in [2.24, 2.45) is 5.73 Å². The highest BCUT2D eigenvalue weighted by atomic mass is 35.5. The molecular formula is C17H20ClNO2. The van der Waals surface area contributed by atoms with Crippen LogP contribution in [0.2, 0.25) is 5.02 Å². The van der Waals surface area contributed by atoms with E-state index in [1.807, 2.05) is 50.2 Å². The number of aryl methyl sites for hydroxylation is 1. The molecule has 0 bridgehead atoms. The van der Waals surface area contributed by atoms with Crippen LogP contribution in [-0.2, 0) is 6.61 Å². The quantitative estimate of drug-likeness (QED) is 0.898. The lowest BCUT2D eigenvalue weighted by molar-refractivity contribution is 0.299. The molecule has 0 amide bonds. The molecule has 0 heterocycles. The predicted molar refractivity (Wildman–Crippen MR) is 86.1 cm³/mol. The van der Waals surface area contributed by atoms with Gasteiger partial charge in [0, 0.05) is 28.3 Å². The Balaban J connectivity index is 2.22. The van der Waals surface area contributed by atoms with Gasteiger partial charge in [0.1, 0.15) is 18.1 Å². The van der Waals surface area contributed by atoms with Gasteiger partial charge in [-0.25, -0.2) is 0 Å². The third-order valence-corrected chi connectivity index (χ3v) is 3.65. The first-order valence-electron chi connectivity index (χ1n) is 6.82. The monoisotopic (exact) mass is 305 g/mol. The highest BCUT2D eigenvalue weighted by Gasteiger charge is 2.11. The predicted octanol–water partition coefficient (Wildman–Crippen LogP) is 4.26. The SMILES string of the molecule is COc1ccc([C@H](C)N)c(OCc2ccc(C)cc2Cl)c1. The molecule has 2 aromatic rings. The fourth-order valence-corrected chi connectivity index (χ4v) is 2.36. The van der Waals surface area contributed by atoms with Gasteiger partial charge in [-0.3, -0.25) is 0 Å². The first-order valence-corrected chi connectivity index (χ1v) is 7.20. The van der Waals surface area contributed by atoms with Crippen molar-refractivity contribution < 1.29 is 9.47 Å². The van der Waals surface area contributed by atoms with E-state index in [0.29, 0.717) is 11.6 Å². The Kier molecular flexibility index (Phi) is 5.10. The molecule has 0 aliphatic heterocycles. The molecular weight excluding hydrogens is 286 g/mol. The minimum Gasteiger partial charge on any atom is -0.497 e. The molecule has 0 aliphatic carbocycles. The van der Waals surface area contributed by atoms with Gasteiger partial charge in [-0.1, -0.05) is 29.8 Å². The van der Waals surface area contributed by atoms with Crippen molar-refractivity contribution >= 4 is 11.6 Å². The van der Waals surface area contributed by atoms with E-state index in [9.17, 15) is 0 Å². The van der Waals surface area contributed by atoms with E-state index >= 15 is 0 Å². The number of methoxy groups -OCH3 is 1. The average Bonchev–Trinajstić information content (AvgIpc) is 2.45. The summed E-state index contributed by atoms with van der Waals surface area (Å²) < 4.78 is 11.1. The average molecular weight is 306 g/mol. The van der Waals surface area contributed by atoms with E-state index in [2.05, 4.69) is 0 Å². The highest BCUT2D eigenvalue weighted by molar-refractivity contribution is 6.31. The van der Waals surface area contributed by atoms with Gasteiger partial charge in [-0.2, -0.15) is 0 Å². The van der Waals surface area contributed by atoms with E-state index < -0.39 is 0 Å². The van der Waals surface area contributed by atoms with Crippen LogP contribution >= 0.6 is 11.6 Å². The standard InChI is InChI=1S/C17H20ClNO2/c1-11-4-5-13(16(18)8-11)10-21-17-9-14(20-3)6-7-15(17)12(2)19/h4-9,12H,10,19H2,1-3H3/t12-/m0/s1. The van der Waals surface area contributed by atoms with Gasteiger partial charge in [-0.15, -0.1) is 0 Å². The summed E-state index contributed by atoms with van der Waals surface area (Å²) in [5.41, 5.74) is 8.99. The van der Waals surface area contributed by atoms with Gasteiger partial charge in [0.05, 0.1) is 7.11 Å². The third-order valence-electron chi connectivity index (χ3n) is 3.30. The van der Waals surface area contributed by atoms with Gasteiger partial charge in [0.25, 0.3) is 0 Å². The smallest absolute Gasteiger partial charge is 0.128 e. The maximum absolute atomic E-state index is 6.23. The van der Waals surface area contributed by atoms with Crippen LogP contribution in [0.25, 0.3) is 0 Å². The Morgan fingerprint density at radius 2 is 1.95 bits per heavy atom. The lowest BCUT2D eigenvalue weighted by Crippen LogP contribution is -2.08. The molecule has 2 N–H and O–H groups in total. The first kappa shape index (κ1) is 15.7. The Bertz CT molecular complexity index is 626. The molecule has 0 unspecified atom stereocenters. The molecule has 3 nitrogen and oxygen atoms in total. The Morgan fingerprint density at radius 1 is 1.19 bits per heavy atom. The van der Waals surface area contributed by atoms with E-state index in [1.165, 1.54) is 0 Å². The number of hydrogen-bond donors (Lipinski definition) is 1. The second-order valence-electron chi connectivity index (χ2n) is 5.08. The van der Waals surface area contributed by atoms with E-state index in [-0.39, 0.29) is 6.04 Å². The van der Waals surface area contributed by atoms with E-state index in [4.69, 9.17) is 26.8 Å². The van der Waals surface area contributed by atoms with Crippen molar-refractivity contribution in [1.29, 1.82) is 0 Å². The highest BCUT2D eigenvalue weighted by Crippen LogP contribution is 2.30. The minimum absolute atomic E-state index is 0.112. The number of ether oxygens (including phenoxy) is 2. The lowest BCUT2D eigenvalue weighted by Gasteiger charge is -2.16. The zero-order chi connectivity index (χ0) is 15.4. The van der Waals surface area contributed by atoms with Crippen molar-refractivity contribution in [3.8, 4) is 11.5 Å². The second kappa shape index (κ2) is 6.83. The van der Waals surface area contributed by atoms with Crippen molar-refractivity contribution in [3.63, 3.8) is 0 Å². The van der Waals surface area contributed by atoms with Gasteiger partial charge in [-0.05, 0) is 31.5 Å². The zero-order valence-electron chi connectivity index (χ0n) is 12.5. The summed E-state index contributed by atoms with van der Waals surface area (Å²) >= 11 is 6.23. The van der Waals surface area contributed by atoms with Gasteiger partial charge >= 0.3 is 0 Å². The fourth-order valence-electron chi connectivity index (χ4n) is 2.07. The van der Waals surface area contributed by atoms with Crippen molar-refractivity contribution in [3.05, 3.63) is 58.1 Å². The van der Waals surface area contributed by atoms with Gasteiger partial charge in [0.15, 0.2) is 0 Å². The van der Waals surface area contributed by atoms with Crippen LogP contribution in [-0.4, -0.2) is 7.11 Å². The van der Waals surface area contributed by atoms with Gasteiger partial charge < -0.3 is 15.2 Å². The summed E-state index contributed by atoms with van der Waals surface area (Å²) in [6, 6.07) is 11.5. The van der Waals surface area contributed by atoms with Crippen molar-refractivity contribution in [1.82, 2.24) is 0 Å². The molecule has 1 atom stereocenters. The molecule has 112 valence electrons. The Labute approximate surface area is 130 Å². The molecule has 0 aliphatic rings. The summed E-state index contributed by atoms with van der Waals surface area (Å²) in [7, 11) is 1.63. The van der Waals surface area contributed by atoms with E-state index in [0.717, 1.165) is 28.2 Å². The van der Waals surface area contributed by atoms with Crippen LogP contribution in [0.3, 0.4) is 0 Å². The molecule has 2 rings (SSSR count). The molecule has 0 fully saturated rings. The number of nitrogens with two attached hydrogens (primary N) is 1. The molecule has 21 heavy (non-hydrogen) atoms.